The standard InChI is InChI=1S/C20H27N5O2/c1-20(2,3)18-10-15(23-24-18)12-25(4)19(26)21-11-14-8-13-9-16(27-5)6-7-17(13)22-14/h6-10,22H,11-12H2,1-5H3,(H,21,26)(H,23,24). The van der Waals surface area contributed by atoms with Gasteiger partial charge in [-0.1, -0.05) is 20.8 Å². The quantitative estimate of drug-likeness (QED) is 0.643. The van der Waals surface area contributed by atoms with Crippen molar-refractivity contribution < 1.29 is 9.53 Å². The Kier molecular flexibility index (Phi) is 5.12. The Labute approximate surface area is 159 Å². The highest BCUT2D eigenvalue weighted by atomic mass is 16.5. The summed E-state index contributed by atoms with van der Waals surface area (Å²) in [4.78, 5) is 17.3. The minimum absolute atomic E-state index is 0.0200. The first-order valence-electron chi connectivity index (χ1n) is 8.95. The summed E-state index contributed by atoms with van der Waals surface area (Å²) >= 11 is 0. The molecule has 0 aliphatic rings. The third kappa shape index (κ3) is 4.42. The summed E-state index contributed by atoms with van der Waals surface area (Å²) in [7, 11) is 3.41. The number of rotatable bonds is 5. The van der Waals surface area contributed by atoms with Crippen LogP contribution in [0.5, 0.6) is 5.75 Å². The Morgan fingerprint density at radius 2 is 2.00 bits per heavy atom. The Hall–Kier alpha value is -2.96. The number of benzene rings is 1. The van der Waals surface area contributed by atoms with Crippen LogP contribution in [-0.4, -0.2) is 40.3 Å². The van der Waals surface area contributed by atoms with Gasteiger partial charge in [0.05, 0.1) is 31.6 Å². The number of fused-ring (bicyclic) bond motifs is 1. The number of hydrogen-bond donors (Lipinski definition) is 3. The molecule has 2 heterocycles. The third-order valence-electron chi connectivity index (χ3n) is 4.47. The Morgan fingerprint density at radius 3 is 2.67 bits per heavy atom. The predicted octanol–water partition coefficient (Wildman–Crippen LogP) is 3.54. The third-order valence-corrected chi connectivity index (χ3v) is 4.47. The van der Waals surface area contributed by atoms with Crippen LogP contribution < -0.4 is 10.1 Å². The first-order chi connectivity index (χ1) is 12.8. The molecule has 2 amide bonds. The Bertz CT molecular complexity index is 935. The summed E-state index contributed by atoms with van der Waals surface area (Å²) in [6, 6.07) is 9.73. The van der Waals surface area contributed by atoms with Gasteiger partial charge in [-0.25, -0.2) is 4.79 Å². The van der Waals surface area contributed by atoms with Crippen LogP contribution in [0.3, 0.4) is 0 Å². The van der Waals surface area contributed by atoms with Gasteiger partial charge >= 0.3 is 6.03 Å². The van der Waals surface area contributed by atoms with Gasteiger partial charge in [-0.15, -0.1) is 0 Å². The molecule has 3 rings (SSSR count). The molecule has 0 aliphatic carbocycles. The highest BCUT2D eigenvalue weighted by molar-refractivity contribution is 5.82. The number of urea groups is 1. The SMILES string of the molecule is COc1ccc2[nH]c(CNC(=O)N(C)Cc3cc(C(C)(C)C)n[nH]3)cc2c1. The number of methoxy groups -OCH3 is 1. The lowest BCUT2D eigenvalue weighted by molar-refractivity contribution is 0.206. The van der Waals surface area contributed by atoms with Gasteiger partial charge in [-0.05, 0) is 30.3 Å². The van der Waals surface area contributed by atoms with Crippen molar-refractivity contribution in [1.29, 1.82) is 0 Å². The van der Waals surface area contributed by atoms with Crippen LogP contribution in [0.4, 0.5) is 4.79 Å². The highest BCUT2D eigenvalue weighted by Gasteiger charge is 2.18. The number of carbonyl (C=O) groups is 1. The fourth-order valence-corrected chi connectivity index (χ4v) is 2.85. The van der Waals surface area contributed by atoms with E-state index < -0.39 is 0 Å². The molecule has 0 radical (unpaired) electrons. The van der Waals surface area contributed by atoms with Crippen molar-refractivity contribution >= 4 is 16.9 Å². The molecule has 3 aromatic rings. The number of carbonyl (C=O) groups excluding carboxylic acids is 1. The van der Waals surface area contributed by atoms with Gasteiger partial charge in [0.25, 0.3) is 0 Å². The maximum atomic E-state index is 12.4. The smallest absolute Gasteiger partial charge is 0.317 e. The second-order valence-corrected chi connectivity index (χ2v) is 7.79. The number of nitrogens with one attached hydrogen (secondary N) is 3. The van der Waals surface area contributed by atoms with Crippen molar-refractivity contribution in [2.24, 2.45) is 0 Å². The van der Waals surface area contributed by atoms with Gasteiger partial charge in [-0.2, -0.15) is 5.10 Å². The summed E-state index contributed by atoms with van der Waals surface area (Å²) in [6.45, 7) is 7.23. The lowest BCUT2D eigenvalue weighted by atomic mass is 9.92. The molecule has 27 heavy (non-hydrogen) atoms. The van der Waals surface area contributed by atoms with Crippen LogP contribution in [-0.2, 0) is 18.5 Å². The predicted molar refractivity (Wildman–Crippen MR) is 106 cm³/mol. The van der Waals surface area contributed by atoms with Crippen molar-refractivity contribution in [2.75, 3.05) is 14.2 Å². The molecule has 7 nitrogen and oxygen atoms in total. The van der Waals surface area contributed by atoms with Crippen molar-refractivity contribution in [1.82, 2.24) is 25.4 Å². The van der Waals surface area contributed by atoms with E-state index >= 15 is 0 Å². The lowest BCUT2D eigenvalue weighted by Crippen LogP contribution is -2.36. The van der Waals surface area contributed by atoms with E-state index in [2.05, 4.69) is 41.3 Å². The Balaban J connectivity index is 1.57. The number of ether oxygens (including phenoxy) is 1. The van der Waals surface area contributed by atoms with Crippen LogP contribution >= 0.6 is 0 Å². The van der Waals surface area contributed by atoms with Crippen molar-refractivity contribution in [3.8, 4) is 5.75 Å². The molecule has 0 saturated heterocycles. The molecule has 0 aliphatic heterocycles. The molecule has 2 aromatic heterocycles. The largest absolute Gasteiger partial charge is 0.497 e. The molecule has 7 heteroatoms. The van der Waals surface area contributed by atoms with Gasteiger partial charge in [0.1, 0.15) is 5.75 Å². The van der Waals surface area contributed by atoms with E-state index in [0.29, 0.717) is 13.1 Å². The van der Waals surface area contributed by atoms with E-state index in [4.69, 9.17) is 4.74 Å². The van der Waals surface area contributed by atoms with Gasteiger partial charge < -0.3 is 19.9 Å². The number of aromatic nitrogens is 3. The van der Waals surface area contributed by atoms with E-state index in [1.165, 1.54) is 0 Å². The van der Waals surface area contributed by atoms with E-state index in [0.717, 1.165) is 33.7 Å². The van der Waals surface area contributed by atoms with Crippen LogP contribution in [0, 0.1) is 0 Å². The van der Waals surface area contributed by atoms with Gasteiger partial charge in [0.15, 0.2) is 0 Å². The average Bonchev–Trinajstić information content (AvgIpc) is 3.24. The number of nitrogens with zero attached hydrogens (tertiary/aromatic N) is 2. The van der Waals surface area contributed by atoms with E-state index in [-0.39, 0.29) is 11.4 Å². The van der Waals surface area contributed by atoms with Crippen LogP contribution in [0.15, 0.2) is 30.3 Å². The maximum Gasteiger partial charge on any atom is 0.317 e. The molecule has 144 valence electrons. The summed E-state index contributed by atoms with van der Waals surface area (Å²) in [5.41, 5.74) is 3.83. The van der Waals surface area contributed by atoms with E-state index in [1.54, 1.807) is 19.1 Å². The number of amides is 2. The maximum absolute atomic E-state index is 12.4. The van der Waals surface area contributed by atoms with E-state index in [1.807, 2.05) is 30.3 Å². The van der Waals surface area contributed by atoms with Gasteiger partial charge in [0.2, 0.25) is 0 Å². The first kappa shape index (κ1) is 18.8. The zero-order valence-corrected chi connectivity index (χ0v) is 16.5. The van der Waals surface area contributed by atoms with Gasteiger partial charge in [0, 0.05) is 29.1 Å². The minimum Gasteiger partial charge on any atom is -0.497 e. The summed E-state index contributed by atoms with van der Waals surface area (Å²) in [6.07, 6.45) is 0. The molecule has 0 bridgehead atoms. The van der Waals surface area contributed by atoms with Crippen LogP contribution in [0.2, 0.25) is 0 Å². The lowest BCUT2D eigenvalue weighted by Gasteiger charge is -2.17. The fraction of sp³-hybridized carbons (Fsp3) is 0.400. The first-order valence-corrected chi connectivity index (χ1v) is 8.95. The molecule has 3 N–H and O–H groups in total. The zero-order valence-electron chi connectivity index (χ0n) is 16.5. The molecule has 0 fully saturated rings. The molecular formula is C20H27N5O2. The molecule has 1 aromatic carbocycles. The minimum atomic E-state index is -0.141. The van der Waals surface area contributed by atoms with Crippen LogP contribution in [0.25, 0.3) is 10.9 Å². The number of H-pyrrole nitrogens is 2. The monoisotopic (exact) mass is 369 g/mol. The topological polar surface area (TPSA) is 86.0 Å². The Morgan fingerprint density at radius 1 is 1.22 bits per heavy atom. The molecule has 0 spiro atoms. The normalized spacial score (nSPS) is 11.6. The van der Waals surface area contributed by atoms with Crippen molar-refractivity contribution in [2.45, 2.75) is 39.3 Å². The van der Waals surface area contributed by atoms with Crippen LogP contribution in [0.1, 0.15) is 37.9 Å². The fourth-order valence-electron chi connectivity index (χ4n) is 2.85. The van der Waals surface area contributed by atoms with E-state index in [9.17, 15) is 4.79 Å². The molecule has 0 unspecified atom stereocenters. The van der Waals surface area contributed by atoms with Crippen molar-refractivity contribution in [3.63, 3.8) is 0 Å². The molecular weight excluding hydrogens is 342 g/mol. The molecule has 0 saturated carbocycles. The summed E-state index contributed by atoms with van der Waals surface area (Å²) in [5, 5.41) is 11.3. The number of aromatic amines is 2. The molecule has 0 atom stereocenters. The number of hydrogen-bond acceptors (Lipinski definition) is 3. The van der Waals surface area contributed by atoms with Crippen molar-refractivity contribution in [3.05, 3.63) is 47.4 Å². The second-order valence-electron chi connectivity index (χ2n) is 7.79. The average molecular weight is 369 g/mol. The highest BCUT2D eigenvalue weighted by Crippen LogP contribution is 2.22. The second kappa shape index (κ2) is 7.34. The summed E-state index contributed by atoms with van der Waals surface area (Å²) in [5.74, 6) is 0.811. The zero-order chi connectivity index (χ0) is 19.6. The summed E-state index contributed by atoms with van der Waals surface area (Å²) < 4.78 is 5.24. The van der Waals surface area contributed by atoms with Gasteiger partial charge in [-0.3, -0.25) is 5.10 Å².